The number of nitrogens with one attached hydrogen (secondary N) is 1. The monoisotopic (exact) mass is 475 g/mol. The lowest BCUT2D eigenvalue weighted by Crippen LogP contribution is -2.55. The molecule has 1 fully saturated rings. The summed E-state index contributed by atoms with van der Waals surface area (Å²) in [7, 11) is 0. The van der Waals surface area contributed by atoms with Crippen molar-refractivity contribution >= 4 is 44.5 Å². The molecule has 0 unspecified atom stereocenters. The number of aromatic nitrogens is 5. The Morgan fingerprint density at radius 1 is 1.21 bits per heavy atom. The van der Waals surface area contributed by atoms with E-state index in [4.69, 9.17) is 9.40 Å². The second-order valence-electron chi connectivity index (χ2n) is 8.27. The van der Waals surface area contributed by atoms with E-state index in [0.29, 0.717) is 30.9 Å². The first-order chi connectivity index (χ1) is 16.6. The Morgan fingerprint density at radius 2 is 2.09 bits per heavy atom. The number of fused-ring (bicyclic) bond motifs is 2. The predicted molar refractivity (Wildman–Crippen MR) is 129 cm³/mol. The van der Waals surface area contributed by atoms with Crippen molar-refractivity contribution in [2.75, 3.05) is 24.5 Å². The van der Waals surface area contributed by atoms with Gasteiger partial charge < -0.3 is 19.2 Å². The normalized spacial score (nSPS) is 16.6. The number of carbonyl (C=O) groups is 1. The maximum absolute atomic E-state index is 13.1. The zero-order valence-corrected chi connectivity index (χ0v) is 19.2. The van der Waals surface area contributed by atoms with Gasteiger partial charge in [0.2, 0.25) is 5.91 Å². The highest BCUT2D eigenvalue weighted by Gasteiger charge is 2.30. The van der Waals surface area contributed by atoms with Crippen LogP contribution in [0.5, 0.6) is 0 Å². The molecular formula is C23H21N7O3S. The smallest absolute Gasteiger partial charge is 0.406 e. The predicted octanol–water partition coefficient (Wildman–Crippen LogP) is 2.73. The number of rotatable bonds is 4. The molecule has 0 aliphatic carbocycles. The Kier molecular flexibility index (Phi) is 4.91. The number of para-hydroxylation sites is 2. The first-order valence-corrected chi connectivity index (χ1v) is 11.8. The molecule has 0 bridgehead atoms. The minimum absolute atomic E-state index is 0.0475. The quantitative estimate of drug-likeness (QED) is 0.425. The molecule has 4 aromatic heterocycles. The van der Waals surface area contributed by atoms with Gasteiger partial charge in [0.25, 0.3) is 0 Å². The fraction of sp³-hybridized carbons (Fsp3) is 0.261. The van der Waals surface area contributed by atoms with Gasteiger partial charge in [-0.25, -0.2) is 24.3 Å². The summed E-state index contributed by atoms with van der Waals surface area (Å²) in [5, 5.41) is 1.03. The minimum atomic E-state index is -0.575. The average molecular weight is 476 g/mol. The number of thiazole rings is 1. The molecule has 1 N–H and O–H groups in total. The summed E-state index contributed by atoms with van der Waals surface area (Å²) in [6, 6.07) is 11.2. The van der Waals surface area contributed by atoms with Crippen molar-refractivity contribution in [3.63, 3.8) is 0 Å². The maximum Gasteiger partial charge on any atom is 0.421 e. The van der Waals surface area contributed by atoms with Gasteiger partial charge in [-0.15, -0.1) is 11.3 Å². The zero-order chi connectivity index (χ0) is 23.2. The van der Waals surface area contributed by atoms with Crippen molar-refractivity contribution in [2.45, 2.75) is 19.5 Å². The molecule has 5 aromatic rings. The SMILES string of the molecule is C[C@@H]1CN(c2scnc2-c2nc3ccccc3[nH]2)CCN1C(=O)Cn1c(=O)oc2cccnc21. The number of amides is 1. The molecule has 6 rings (SSSR count). The molecule has 1 amide bonds. The van der Waals surface area contributed by atoms with Crippen molar-refractivity contribution in [3.8, 4) is 11.5 Å². The molecule has 0 spiro atoms. The second kappa shape index (κ2) is 8.10. The second-order valence-corrected chi connectivity index (χ2v) is 9.10. The van der Waals surface area contributed by atoms with Gasteiger partial charge in [-0.1, -0.05) is 12.1 Å². The fourth-order valence-electron chi connectivity index (χ4n) is 4.47. The van der Waals surface area contributed by atoms with Crippen molar-refractivity contribution in [2.24, 2.45) is 0 Å². The van der Waals surface area contributed by atoms with E-state index >= 15 is 0 Å². The summed E-state index contributed by atoms with van der Waals surface area (Å²) in [6.45, 7) is 3.76. The molecule has 1 aliphatic heterocycles. The molecule has 0 radical (unpaired) electrons. The summed E-state index contributed by atoms with van der Waals surface area (Å²) in [4.78, 5) is 46.2. The van der Waals surface area contributed by atoms with E-state index < -0.39 is 5.76 Å². The van der Waals surface area contributed by atoms with Crippen LogP contribution in [0.3, 0.4) is 0 Å². The van der Waals surface area contributed by atoms with Crippen molar-refractivity contribution < 1.29 is 9.21 Å². The van der Waals surface area contributed by atoms with Crippen LogP contribution in [0, 0.1) is 0 Å². The van der Waals surface area contributed by atoms with Crippen molar-refractivity contribution in [3.05, 3.63) is 58.7 Å². The lowest BCUT2D eigenvalue weighted by molar-refractivity contribution is -0.134. The van der Waals surface area contributed by atoms with Gasteiger partial charge in [-0.2, -0.15) is 0 Å². The van der Waals surface area contributed by atoms with Gasteiger partial charge in [0, 0.05) is 31.9 Å². The van der Waals surface area contributed by atoms with Crippen LogP contribution in [0.1, 0.15) is 6.92 Å². The van der Waals surface area contributed by atoms with Crippen LogP contribution in [0.4, 0.5) is 5.00 Å². The third-order valence-electron chi connectivity index (χ3n) is 6.12. The molecule has 5 heterocycles. The number of hydrogen-bond donors (Lipinski definition) is 1. The van der Waals surface area contributed by atoms with Crippen molar-refractivity contribution in [1.82, 2.24) is 29.4 Å². The molecule has 1 saturated heterocycles. The van der Waals surface area contributed by atoms with E-state index in [1.165, 1.54) is 4.57 Å². The maximum atomic E-state index is 13.1. The molecule has 0 saturated carbocycles. The number of benzene rings is 1. The number of pyridine rings is 1. The largest absolute Gasteiger partial charge is 0.421 e. The Labute approximate surface area is 197 Å². The summed E-state index contributed by atoms with van der Waals surface area (Å²) >= 11 is 1.56. The molecule has 1 aromatic carbocycles. The third kappa shape index (κ3) is 3.45. The highest BCUT2D eigenvalue weighted by molar-refractivity contribution is 7.14. The minimum Gasteiger partial charge on any atom is -0.406 e. The number of piperazine rings is 1. The van der Waals surface area contributed by atoms with Crippen LogP contribution in [0.2, 0.25) is 0 Å². The zero-order valence-electron chi connectivity index (χ0n) is 18.3. The topological polar surface area (TPSA) is 113 Å². The van der Waals surface area contributed by atoms with Crippen molar-refractivity contribution in [1.29, 1.82) is 0 Å². The number of H-pyrrole nitrogens is 1. The number of oxazole rings is 1. The van der Waals surface area contributed by atoms with Gasteiger partial charge in [-0.3, -0.25) is 4.79 Å². The number of imidazole rings is 1. The Morgan fingerprint density at radius 3 is 2.94 bits per heavy atom. The molecule has 11 heteroatoms. The summed E-state index contributed by atoms with van der Waals surface area (Å²) in [5.74, 6) is 0.0280. The third-order valence-corrected chi connectivity index (χ3v) is 7.00. The first-order valence-electron chi connectivity index (χ1n) is 11.0. The summed E-state index contributed by atoms with van der Waals surface area (Å²) < 4.78 is 6.50. The molecular weight excluding hydrogens is 454 g/mol. The summed E-state index contributed by atoms with van der Waals surface area (Å²) in [5.41, 5.74) is 5.27. The number of carbonyl (C=O) groups excluding carboxylic acids is 1. The van der Waals surface area contributed by atoms with E-state index in [9.17, 15) is 9.59 Å². The lowest BCUT2D eigenvalue weighted by Gasteiger charge is -2.40. The van der Waals surface area contributed by atoms with Gasteiger partial charge in [0.1, 0.15) is 17.2 Å². The molecule has 1 atom stereocenters. The summed E-state index contributed by atoms with van der Waals surface area (Å²) in [6.07, 6.45) is 1.58. The molecule has 172 valence electrons. The van der Waals surface area contributed by atoms with Crippen LogP contribution < -0.4 is 10.7 Å². The van der Waals surface area contributed by atoms with E-state index in [-0.39, 0.29) is 18.5 Å². The first kappa shape index (κ1) is 20.6. The van der Waals surface area contributed by atoms with Crippen LogP contribution in [0.25, 0.3) is 33.8 Å². The lowest BCUT2D eigenvalue weighted by atomic mass is 10.2. The Hall–Kier alpha value is -3.99. The highest BCUT2D eigenvalue weighted by atomic mass is 32.1. The van der Waals surface area contributed by atoms with Crippen LogP contribution in [0.15, 0.2) is 57.3 Å². The Balaban J connectivity index is 1.20. The van der Waals surface area contributed by atoms with E-state index in [0.717, 1.165) is 27.6 Å². The van der Waals surface area contributed by atoms with Gasteiger partial charge >= 0.3 is 5.76 Å². The van der Waals surface area contributed by atoms with Gasteiger partial charge in [-0.05, 0) is 31.2 Å². The van der Waals surface area contributed by atoms with Gasteiger partial charge in [0.15, 0.2) is 17.1 Å². The van der Waals surface area contributed by atoms with Crippen LogP contribution in [-0.4, -0.2) is 61.0 Å². The van der Waals surface area contributed by atoms with Gasteiger partial charge in [0.05, 0.1) is 16.5 Å². The van der Waals surface area contributed by atoms with E-state index in [1.54, 1.807) is 29.7 Å². The highest BCUT2D eigenvalue weighted by Crippen LogP contribution is 2.34. The average Bonchev–Trinajstić information content (AvgIpc) is 3.56. The fourth-order valence-corrected chi connectivity index (χ4v) is 5.30. The molecule has 1 aliphatic rings. The van der Waals surface area contributed by atoms with E-state index in [1.807, 2.05) is 41.6 Å². The number of hydrogen-bond acceptors (Lipinski definition) is 8. The van der Waals surface area contributed by atoms with Crippen LogP contribution in [-0.2, 0) is 11.3 Å². The number of anilines is 1. The standard InChI is InChI=1S/C23H21N7O3S/c1-14-11-28(22-19(25-13-34-22)20-26-15-5-2-3-6-16(15)27-20)9-10-29(14)18(31)12-30-21-17(33-23(30)32)7-4-8-24-21/h2-8,13-14H,9-12H2,1H3,(H,26,27)/t14-/m1/s1. The Bertz CT molecular complexity index is 1530. The number of aromatic amines is 1. The number of nitrogens with zero attached hydrogens (tertiary/aromatic N) is 6. The molecule has 34 heavy (non-hydrogen) atoms. The molecule has 10 nitrogen and oxygen atoms in total. The van der Waals surface area contributed by atoms with E-state index in [2.05, 4.69) is 19.9 Å². The van der Waals surface area contributed by atoms with Crippen LogP contribution >= 0.6 is 11.3 Å².